The number of carbonyl (C=O) groups excluding carboxylic acids is 1. The van der Waals surface area contributed by atoms with Crippen molar-refractivity contribution in [2.24, 2.45) is 12.8 Å². The van der Waals surface area contributed by atoms with E-state index < -0.39 is 35.6 Å². The second-order valence-corrected chi connectivity index (χ2v) is 7.81. The highest BCUT2D eigenvalue weighted by molar-refractivity contribution is 5.93. The Hall–Kier alpha value is -3.38. The van der Waals surface area contributed by atoms with Crippen LogP contribution in [0.25, 0.3) is 5.69 Å². The maximum atomic E-state index is 13.6. The first-order valence-electron chi connectivity index (χ1n) is 9.91. The van der Waals surface area contributed by atoms with Gasteiger partial charge in [0.1, 0.15) is 11.4 Å². The Morgan fingerprint density at radius 1 is 1.09 bits per heavy atom. The molecule has 2 N–H and O–H groups in total. The molecule has 0 fully saturated rings. The van der Waals surface area contributed by atoms with Gasteiger partial charge in [-0.2, -0.15) is 36.5 Å². The van der Waals surface area contributed by atoms with Gasteiger partial charge in [0.15, 0.2) is 5.69 Å². The van der Waals surface area contributed by atoms with Crippen molar-refractivity contribution in [3.63, 3.8) is 0 Å². The van der Waals surface area contributed by atoms with E-state index in [9.17, 15) is 31.1 Å². The quantitative estimate of drug-likeness (QED) is 0.464. The SMILES string of the molecule is Cn1nc(C(F)(F)F)c(C2CCc3cn(-c4ccnc(C(F)(F)F)c4)nc3CC2)c1C(N)=O. The van der Waals surface area contributed by atoms with Crippen LogP contribution in [0.3, 0.4) is 0 Å². The number of nitrogens with zero attached hydrogens (tertiary/aromatic N) is 5. The maximum Gasteiger partial charge on any atom is 0.435 e. The molecule has 3 aromatic heterocycles. The summed E-state index contributed by atoms with van der Waals surface area (Å²) in [6, 6.07) is 2.26. The van der Waals surface area contributed by atoms with E-state index in [1.54, 1.807) is 6.20 Å². The number of primary amides is 1. The van der Waals surface area contributed by atoms with Gasteiger partial charge in [0.2, 0.25) is 0 Å². The monoisotopic (exact) mass is 472 g/mol. The van der Waals surface area contributed by atoms with Crippen molar-refractivity contribution in [3.05, 3.63) is 58.4 Å². The van der Waals surface area contributed by atoms with Crippen molar-refractivity contribution in [1.29, 1.82) is 0 Å². The number of rotatable bonds is 3. The number of hydrogen-bond acceptors (Lipinski definition) is 4. The summed E-state index contributed by atoms with van der Waals surface area (Å²) >= 11 is 0. The van der Waals surface area contributed by atoms with Gasteiger partial charge in [0.25, 0.3) is 5.91 Å². The molecule has 3 aromatic rings. The van der Waals surface area contributed by atoms with E-state index in [4.69, 9.17) is 5.73 Å². The Kier molecular flexibility index (Phi) is 5.45. The van der Waals surface area contributed by atoms with Crippen LogP contribution in [-0.4, -0.2) is 30.5 Å². The number of alkyl halides is 6. The molecule has 0 bridgehead atoms. The van der Waals surface area contributed by atoms with E-state index in [0.717, 1.165) is 16.9 Å². The Labute approximate surface area is 183 Å². The molecule has 4 rings (SSSR count). The molecule has 3 heterocycles. The van der Waals surface area contributed by atoms with Gasteiger partial charge in [-0.1, -0.05) is 0 Å². The Morgan fingerprint density at radius 3 is 2.42 bits per heavy atom. The standard InChI is InChI=1S/C20H18F6N6O/c1-31-16(18(27)33)15(17(30-31)20(24,25)26)10-2-3-11-9-32(29-13(11)5-4-10)12-6-7-28-14(8-12)19(21,22)23/h6-10H,2-5H2,1H3,(H2,27,33). The number of carbonyl (C=O) groups is 1. The van der Waals surface area contributed by atoms with Gasteiger partial charge in [-0.3, -0.25) is 14.5 Å². The summed E-state index contributed by atoms with van der Waals surface area (Å²) < 4.78 is 81.8. The number of aromatic nitrogens is 5. The van der Waals surface area contributed by atoms with E-state index in [2.05, 4.69) is 15.2 Å². The first-order chi connectivity index (χ1) is 15.4. The maximum absolute atomic E-state index is 13.6. The van der Waals surface area contributed by atoms with Crippen LogP contribution in [0.2, 0.25) is 0 Å². The highest BCUT2D eigenvalue weighted by Crippen LogP contribution is 2.41. The fourth-order valence-electron chi connectivity index (χ4n) is 4.22. The minimum absolute atomic E-state index is 0.171. The van der Waals surface area contributed by atoms with Crippen LogP contribution in [0.5, 0.6) is 0 Å². The second kappa shape index (κ2) is 7.89. The summed E-state index contributed by atoms with van der Waals surface area (Å²) in [7, 11) is 1.23. The van der Waals surface area contributed by atoms with Gasteiger partial charge >= 0.3 is 12.4 Å². The third kappa shape index (κ3) is 4.31. The zero-order valence-corrected chi connectivity index (χ0v) is 17.2. The highest BCUT2D eigenvalue weighted by atomic mass is 19.4. The average Bonchev–Trinajstić information content (AvgIpc) is 3.23. The molecule has 1 amide bonds. The number of pyridine rings is 1. The van der Waals surface area contributed by atoms with Crippen LogP contribution in [0.4, 0.5) is 26.3 Å². The Bertz CT molecular complexity index is 1180. The minimum Gasteiger partial charge on any atom is -0.364 e. The number of aryl methyl sites for hydroxylation is 3. The lowest BCUT2D eigenvalue weighted by molar-refractivity contribution is -0.142. The minimum atomic E-state index is -4.76. The summed E-state index contributed by atoms with van der Waals surface area (Å²) in [6.45, 7) is 0. The Balaban J connectivity index is 1.64. The largest absolute Gasteiger partial charge is 0.435 e. The van der Waals surface area contributed by atoms with Gasteiger partial charge in [-0.15, -0.1) is 0 Å². The van der Waals surface area contributed by atoms with Crippen LogP contribution in [0, 0.1) is 0 Å². The highest BCUT2D eigenvalue weighted by Gasteiger charge is 2.42. The predicted octanol–water partition coefficient (Wildman–Crippen LogP) is 3.80. The molecule has 0 saturated carbocycles. The summed E-state index contributed by atoms with van der Waals surface area (Å²) in [5.74, 6) is -1.64. The van der Waals surface area contributed by atoms with Crippen LogP contribution >= 0.6 is 0 Å². The van der Waals surface area contributed by atoms with Crippen molar-refractivity contribution in [2.45, 2.75) is 44.0 Å². The van der Waals surface area contributed by atoms with Crippen LogP contribution in [-0.2, 0) is 32.2 Å². The fraction of sp³-hybridized carbons (Fsp3) is 0.400. The molecular formula is C20H18F6N6O. The zero-order chi connectivity index (χ0) is 24.1. The first kappa shape index (κ1) is 22.8. The molecule has 0 spiro atoms. The molecule has 13 heteroatoms. The lowest BCUT2D eigenvalue weighted by Gasteiger charge is -2.17. The van der Waals surface area contributed by atoms with E-state index in [-0.39, 0.29) is 36.2 Å². The summed E-state index contributed by atoms with van der Waals surface area (Å²) in [5, 5.41) is 7.85. The molecule has 33 heavy (non-hydrogen) atoms. The third-order valence-electron chi connectivity index (χ3n) is 5.66. The van der Waals surface area contributed by atoms with Gasteiger partial charge in [0, 0.05) is 25.0 Å². The molecule has 1 unspecified atom stereocenters. The molecule has 0 saturated heterocycles. The van der Waals surface area contributed by atoms with Gasteiger partial charge in [0.05, 0.1) is 11.4 Å². The average molecular weight is 472 g/mol. The lowest BCUT2D eigenvalue weighted by atomic mass is 9.89. The van der Waals surface area contributed by atoms with Crippen molar-refractivity contribution in [3.8, 4) is 5.69 Å². The van der Waals surface area contributed by atoms with E-state index in [1.165, 1.54) is 17.8 Å². The molecule has 0 aromatic carbocycles. The molecule has 0 radical (unpaired) electrons. The Morgan fingerprint density at radius 2 is 1.79 bits per heavy atom. The smallest absolute Gasteiger partial charge is 0.364 e. The molecule has 176 valence electrons. The topological polar surface area (TPSA) is 91.6 Å². The fourth-order valence-corrected chi connectivity index (χ4v) is 4.22. The van der Waals surface area contributed by atoms with Gasteiger partial charge in [-0.25, -0.2) is 4.68 Å². The van der Waals surface area contributed by atoms with E-state index in [0.29, 0.717) is 17.7 Å². The van der Waals surface area contributed by atoms with Crippen molar-refractivity contribution in [2.75, 3.05) is 0 Å². The molecule has 1 aliphatic rings. The van der Waals surface area contributed by atoms with Crippen molar-refractivity contribution >= 4 is 5.91 Å². The van der Waals surface area contributed by atoms with E-state index >= 15 is 0 Å². The third-order valence-corrected chi connectivity index (χ3v) is 5.66. The molecular weight excluding hydrogens is 454 g/mol. The normalized spacial score (nSPS) is 17.0. The zero-order valence-electron chi connectivity index (χ0n) is 17.2. The first-order valence-corrected chi connectivity index (χ1v) is 9.91. The summed E-state index contributed by atoms with van der Waals surface area (Å²) in [6.07, 6.45) is -5.67. The van der Waals surface area contributed by atoms with Gasteiger partial charge in [-0.05, 0) is 49.3 Å². The lowest BCUT2D eigenvalue weighted by Crippen LogP contribution is -2.20. The van der Waals surface area contributed by atoms with Crippen LogP contribution < -0.4 is 5.73 Å². The van der Waals surface area contributed by atoms with Crippen LogP contribution in [0.15, 0.2) is 24.5 Å². The van der Waals surface area contributed by atoms with E-state index in [1.807, 2.05) is 0 Å². The second-order valence-electron chi connectivity index (χ2n) is 7.81. The number of fused-ring (bicyclic) bond motifs is 1. The molecule has 1 aliphatic carbocycles. The van der Waals surface area contributed by atoms with Crippen molar-refractivity contribution in [1.82, 2.24) is 24.5 Å². The summed E-state index contributed by atoms with van der Waals surface area (Å²) in [4.78, 5) is 15.2. The predicted molar refractivity (Wildman–Crippen MR) is 102 cm³/mol. The number of nitrogens with two attached hydrogens (primary N) is 1. The van der Waals surface area contributed by atoms with Gasteiger partial charge < -0.3 is 5.73 Å². The molecule has 0 aliphatic heterocycles. The van der Waals surface area contributed by atoms with Crippen molar-refractivity contribution < 1.29 is 31.1 Å². The number of halogens is 6. The number of amides is 1. The number of hydrogen-bond donors (Lipinski definition) is 1. The molecule has 7 nitrogen and oxygen atoms in total. The summed E-state index contributed by atoms with van der Waals surface area (Å²) in [5.41, 5.74) is 4.10. The van der Waals surface area contributed by atoms with Crippen LogP contribution in [0.1, 0.15) is 57.5 Å². The molecule has 1 atom stereocenters.